The molecule has 0 spiro atoms. The Bertz CT molecular complexity index is 665. The van der Waals surface area contributed by atoms with Crippen LogP contribution in [-0.2, 0) is 23.1 Å². The maximum Gasteiger partial charge on any atom is 0.268 e. The van der Waals surface area contributed by atoms with E-state index in [0.29, 0.717) is 17.6 Å². The van der Waals surface area contributed by atoms with Crippen LogP contribution >= 0.6 is 7.82 Å². The molecule has 0 rings (SSSR count). The number of phosphoric ester groups is 1. The SMILES string of the molecule is CCCCC/C=C\CCCCCCCCCC/C=C\CCCCCOC[C@H](COC)OP(=O)([O-])OCC[N+](C)(C)C. The lowest BCUT2D eigenvalue weighted by Gasteiger charge is -2.29. The second-order valence-electron chi connectivity index (χ2n) is 12.2. The minimum absolute atomic E-state index is 0.0806. The Balaban J connectivity index is 3.57. The van der Waals surface area contributed by atoms with Crippen LogP contribution in [0.25, 0.3) is 0 Å². The predicted molar refractivity (Wildman–Crippen MR) is 171 cm³/mol. The summed E-state index contributed by atoms with van der Waals surface area (Å²) in [4.78, 5) is 12.1. The topological polar surface area (TPSA) is 77.1 Å². The van der Waals surface area contributed by atoms with Crippen LogP contribution in [0.3, 0.4) is 0 Å². The molecule has 0 saturated heterocycles. The van der Waals surface area contributed by atoms with Gasteiger partial charge in [-0.25, -0.2) is 0 Å². The molecule has 0 aromatic heterocycles. The molecule has 1 unspecified atom stereocenters. The fourth-order valence-electron chi connectivity index (χ4n) is 4.36. The molecule has 0 amide bonds. The number of rotatable bonds is 31. The number of phosphoric acid groups is 1. The largest absolute Gasteiger partial charge is 0.756 e. The van der Waals surface area contributed by atoms with Gasteiger partial charge < -0.3 is 27.9 Å². The first-order valence-electron chi connectivity index (χ1n) is 16.5. The molecule has 0 aliphatic rings. The molecule has 0 radical (unpaired) electrons. The molecule has 2 atom stereocenters. The monoisotopic (exact) mass is 603 g/mol. The van der Waals surface area contributed by atoms with E-state index in [1.807, 2.05) is 21.1 Å². The third kappa shape index (κ3) is 32.2. The maximum absolute atomic E-state index is 12.1. The molecule has 8 heteroatoms. The summed E-state index contributed by atoms with van der Waals surface area (Å²) >= 11 is 0. The third-order valence-electron chi connectivity index (χ3n) is 6.90. The summed E-state index contributed by atoms with van der Waals surface area (Å²) in [5.41, 5.74) is 0. The van der Waals surface area contributed by atoms with Crippen LogP contribution in [0.5, 0.6) is 0 Å². The number of ether oxygens (including phenoxy) is 2. The van der Waals surface area contributed by atoms with Crippen molar-refractivity contribution < 1.29 is 32.5 Å². The fourth-order valence-corrected chi connectivity index (χ4v) is 5.21. The Morgan fingerprint density at radius 2 is 1.15 bits per heavy atom. The number of hydrogen-bond acceptors (Lipinski definition) is 6. The lowest BCUT2D eigenvalue weighted by atomic mass is 10.1. The molecule has 7 nitrogen and oxygen atoms in total. The van der Waals surface area contributed by atoms with E-state index in [-0.39, 0.29) is 19.8 Å². The quantitative estimate of drug-likeness (QED) is 0.0343. The first-order chi connectivity index (χ1) is 19.7. The zero-order chi connectivity index (χ0) is 30.5. The molecule has 0 saturated carbocycles. The van der Waals surface area contributed by atoms with Gasteiger partial charge in [0.05, 0.1) is 34.4 Å². The van der Waals surface area contributed by atoms with Crippen LogP contribution < -0.4 is 4.89 Å². The highest BCUT2D eigenvalue weighted by Crippen LogP contribution is 2.39. The van der Waals surface area contributed by atoms with E-state index in [1.165, 1.54) is 97.0 Å². The van der Waals surface area contributed by atoms with E-state index < -0.39 is 13.9 Å². The van der Waals surface area contributed by atoms with Crippen LogP contribution in [0.1, 0.15) is 122 Å². The standard InChI is InChI=1S/C33H66NO6P/c1-6-7-8-9-10-11-12-13-14-15-16-17-18-19-20-21-22-23-24-25-26-27-29-38-32-33(31-37-5)40-41(35,36)39-30-28-34(2,3)4/h10-11,22-23,33H,6-9,12-21,24-32H2,1-5H3/b11-10-,23-22-/t33-/m0/s1. The molecular weight excluding hydrogens is 537 g/mol. The van der Waals surface area contributed by atoms with E-state index in [9.17, 15) is 9.46 Å². The Kier molecular flexibility index (Phi) is 27.9. The lowest BCUT2D eigenvalue weighted by molar-refractivity contribution is -0.870. The normalized spacial score (nSPS) is 14.8. The minimum Gasteiger partial charge on any atom is -0.756 e. The molecule has 0 aliphatic heterocycles. The summed E-state index contributed by atoms with van der Waals surface area (Å²) in [6, 6.07) is 0. The van der Waals surface area contributed by atoms with Crippen LogP contribution in [0.15, 0.2) is 24.3 Å². The average molecular weight is 604 g/mol. The van der Waals surface area contributed by atoms with Gasteiger partial charge in [0.25, 0.3) is 7.82 Å². The molecule has 0 bridgehead atoms. The number of unbranched alkanes of at least 4 members (excludes halogenated alkanes) is 15. The summed E-state index contributed by atoms with van der Waals surface area (Å²) in [5.74, 6) is 0. The van der Waals surface area contributed by atoms with Gasteiger partial charge in [0.2, 0.25) is 0 Å². The van der Waals surface area contributed by atoms with E-state index >= 15 is 0 Å². The molecule has 244 valence electrons. The fraction of sp³-hybridized carbons (Fsp3) is 0.879. The van der Waals surface area contributed by atoms with Crippen LogP contribution in [-0.4, -0.2) is 71.8 Å². The summed E-state index contributed by atoms with van der Waals surface area (Å²) in [6.45, 7) is 3.78. The van der Waals surface area contributed by atoms with Gasteiger partial charge in [-0.05, 0) is 57.8 Å². The molecular formula is C33H66NO6P. The maximum atomic E-state index is 12.1. The smallest absolute Gasteiger partial charge is 0.268 e. The Morgan fingerprint density at radius 1 is 0.683 bits per heavy atom. The molecule has 0 fully saturated rings. The van der Waals surface area contributed by atoms with Gasteiger partial charge in [0, 0.05) is 13.7 Å². The molecule has 0 aromatic carbocycles. The van der Waals surface area contributed by atoms with Crippen molar-refractivity contribution in [3.8, 4) is 0 Å². The van der Waals surface area contributed by atoms with Crippen molar-refractivity contribution in [3.63, 3.8) is 0 Å². The van der Waals surface area contributed by atoms with Gasteiger partial charge in [-0.2, -0.15) is 0 Å². The number of likely N-dealkylation sites (N-methyl/N-ethyl adjacent to an activating group) is 1. The van der Waals surface area contributed by atoms with E-state index in [2.05, 4.69) is 31.2 Å². The van der Waals surface area contributed by atoms with Crippen molar-refractivity contribution in [1.82, 2.24) is 0 Å². The molecule has 0 heterocycles. The van der Waals surface area contributed by atoms with E-state index in [4.69, 9.17) is 18.5 Å². The highest BCUT2D eigenvalue weighted by atomic mass is 31.2. The Hall–Kier alpha value is -0.530. The number of nitrogens with zero attached hydrogens (tertiary/aromatic N) is 1. The van der Waals surface area contributed by atoms with Crippen LogP contribution in [0.2, 0.25) is 0 Å². The third-order valence-corrected chi connectivity index (χ3v) is 7.96. The lowest BCUT2D eigenvalue weighted by Crippen LogP contribution is -2.38. The molecule has 0 N–H and O–H groups in total. The summed E-state index contributed by atoms with van der Waals surface area (Å²) in [5, 5.41) is 0. The first kappa shape index (κ1) is 40.5. The van der Waals surface area contributed by atoms with Crippen LogP contribution in [0, 0.1) is 0 Å². The van der Waals surface area contributed by atoms with E-state index in [1.54, 1.807) is 0 Å². The predicted octanol–water partition coefficient (Wildman–Crippen LogP) is 8.38. The summed E-state index contributed by atoms with van der Waals surface area (Å²) in [6.07, 6.45) is 31.7. The van der Waals surface area contributed by atoms with Gasteiger partial charge in [0.15, 0.2) is 0 Å². The highest BCUT2D eigenvalue weighted by Gasteiger charge is 2.20. The average Bonchev–Trinajstić information content (AvgIpc) is 2.90. The highest BCUT2D eigenvalue weighted by molar-refractivity contribution is 7.45. The first-order valence-corrected chi connectivity index (χ1v) is 18.0. The van der Waals surface area contributed by atoms with Gasteiger partial charge >= 0.3 is 0 Å². The van der Waals surface area contributed by atoms with Crippen molar-refractivity contribution in [2.45, 2.75) is 129 Å². The number of quaternary nitrogens is 1. The molecule has 0 aliphatic carbocycles. The summed E-state index contributed by atoms with van der Waals surface area (Å²) in [7, 11) is 3.03. The van der Waals surface area contributed by atoms with Gasteiger partial charge in [0.1, 0.15) is 19.3 Å². The molecule has 0 aromatic rings. The van der Waals surface area contributed by atoms with Gasteiger partial charge in [-0.3, -0.25) is 4.57 Å². The number of allylic oxidation sites excluding steroid dienone is 4. The van der Waals surface area contributed by atoms with E-state index in [0.717, 1.165) is 25.7 Å². The zero-order valence-electron chi connectivity index (χ0n) is 27.5. The molecule has 41 heavy (non-hydrogen) atoms. The second-order valence-corrected chi connectivity index (χ2v) is 13.6. The van der Waals surface area contributed by atoms with Crippen molar-refractivity contribution in [3.05, 3.63) is 24.3 Å². The number of hydrogen-bond donors (Lipinski definition) is 0. The van der Waals surface area contributed by atoms with Crippen molar-refractivity contribution in [1.29, 1.82) is 0 Å². The van der Waals surface area contributed by atoms with Gasteiger partial charge in [-0.15, -0.1) is 0 Å². The zero-order valence-corrected chi connectivity index (χ0v) is 28.4. The van der Waals surface area contributed by atoms with Gasteiger partial charge in [-0.1, -0.05) is 89.0 Å². The van der Waals surface area contributed by atoms with Crippen molar-refractivity contribution >= 4 is 7.82 Å². The van der Waals surface area contributed by atoms with Crippen LogP contribution in [0.4, 0.5) is 0 Å². The number of methoxy groups -OCH3 is 1. The minimum atomic E-state index is -4.39. The Morgan fingerprint density at radius 3 is 1.61 bits per heavy atom. The summed E-state index contributed by atoms with van der Waals surface area (Å²) < 4.78 is 33.6. The van der Waals surface area contributed by atoms with Crippen molar-refractivity contribution in [2.24, 2.45) is 0 Å². The van der Waals surface area contributed by atoms with Crippen molar-refractivity contribution in [2.75, 3.05) is 61.2 Å². The second kappa shape index (κ2) is 28.3. The Labute approximate surface area is 254 Å².